The molecule has 8 nitrogen and oxygen atoms in total. The number of ether oxygens (including phenoxy) is 1. The molecule has 3 amide bonds. The van der Waals surface area contributed by atoms with E-state index >= 15 is 0 Å². The van der Waals surface area contributed by atoms with Crippen LogP contribution >= 0.6 is 0 Å². The molecule has 1 heterocycles. The van der Waals surface area contributed by atoms with Gasteiger partial charge in [0.1, 0.15) is 11.8 Å². The SMILES string of the molecule is CCCCCC(CC)OC(=O)CC.CON1C(=O)C(=Cc2ccccc2)N(OC)C1=O. The Balaban J connectivity index is 0.000000330. The zero-order chi connectivity index (χ0) is 23.2. The van der Waals surface area contributed by atoms with Crippen molar-refractivity contribution in [1.29, 1.82) is 0 Å². The third-order valence-corrected chi connectivity index (χ3v) is 4.61. The molecule has 1 aromatic carbocycles. The minimum atomic E-state index is -0.674. The van der Waals surface area contributed by atoms with Crippen LogP contribution in [0.15, 0.2) is 36.0 Å². The second-order valence-electron chi connectivity index (χ2n) is 6.85. The number of hydrogen-bond donors (Lipinski definition) is 0. The molecule has 1 fully saturated rings. The lowest BCUT2D eigenvalue weighted by Gasteiger charge is -2.15. The fourth-order valence-corrected chi connectivity index (χ4v) is 2.87. The Labute approximate surface area is 184 Å². The molecular weight excluding hydrogens is 400 g/mol. The lowest BCUT2D eigenvalue weighted by atomic mass is 10.1. The number of amides is 3. The Morgan fingerprint density at radius 2 is 1.65 bits per heavy atom. The molecule has 1 unspecified atom stereocenters. The summed E-state index contributed by atoms with van der Waals surface area (Å²) in [7, 11) is 2.55. The highest BCUT2D eigenvalue weighted by Crippen LogP contribution is 2.23. The van der Waals surface area contributed by atoms with E-state index in [-0.39, 0.29) is 17.8 Å². The van der Waals surface area contributed by atoms with Crippen LogP contribution in [-0.4, -0.2) is 48.4 Å². The van der Waals surface area contributed by atoms with Gasteiger partial charge in [-0.3, -0.25) is 19.3 Å². The minimum absolute atomic E-state index is 0.0663. The molecule has 0 aromatic heterocycles. The fourth-order valence-electron chi connectivity index (χ4n) is 2.87. The van der Waals surface area contributed by atoms with Gasteiger partial charge in [-0.25, -0.2) is 4.79 Å². The first-order valence-electron chi connectivity index (χ1n) is 10.7. The van der Waals surface area contributed by atoms with Crippen LogP contribution in [0, 0.1) is 0 Å². The van der Waals surface area contributed by atoms with Gasteiger partial charge < -0.3 is 4.74 Å². The highest BCUT2D eigenvalue weighted by molar-refractivity contribution is 6.12. The second kappa shape index (κ2) is 14.3. The van der Waals surface area contributed by atoms with Gasteiger partial charge in [0.25, 0.3) is 0 Å². The monoisotopic (exact) mass is 434 g/mol. The maximum absolute atomic E-state index is 11.9. The number of nitrogens with zero attached hydrogens (tertiary/aromatic N) is 2. The highest BCUT2D eigenvalue weighted by atomic mass is 16.7. The average Bonchev–Trinajstić information content (AvgIpc) is 3.02. The van der Waals surface area contributed by atoms with E-state index in [1.807, 2.05) is 37.3 Å². The zero-order valence-electron chi connectivity index (χ0n) is 19.1. The van der Waals surface area contributed by atoms with Crippen molar-refractivity contribution < 1.29 is 28.8 Å². The standard InChI is InChI=1S/C12H12N2O4.C11H22O2/c1-17-13-10(8-9-6-4-3-5-7-9)11(15)14(18-2)12(13)16;1-4-7-8-9-10(5-2)13-11(12)6-3/h3-8H,1-2H3;10H,4-9H2,1-3H3. The first-order valence-corrected chi connectivity index (χ1v) is 10.7. The van der Waals surface area contributed by atoms with Crippen molar-refractivity contribution in [3.63, 3.8) is 0 Å². The van der Waals surface area contributed by atoms with Crippen LogP contribution in [-0.2, 0) is 24.0 Å². The number of hydrogen-bond acceptors (Lipinski definition) is 6. The number of esters is 1. The van der Waals surface area contributed by atoms with Crippen LogP contribution in [0.5, 0.6) is 0 Å². The first kappa shape index (κ1) is 26.3. The van der Waals surface area contributed by atoms with Crippen molar-refractivity contribution in [1.82, 2.24) is 10.1 Å². The van der Waals surface area contributed by atoms with Crippen LogP contribution < -0.4 is 0 Å². The molecule has 0 saturated carbocycles. The Bertz CT molecular complexity index is 735. The third-order valence-electron chi connectivity index (χ3n) is 4.61. The van der Waals surface area contributed by atoms with E-state index < -0.39 is 11.9 Å². The maximum atomic E-state index is 11.9. The van der Waals surface area contributed by atoms with E-state index in [2.05, 4.69) is 13.8 Å². The summed E-state index contributed by atoms with van der Waals surface area (Å²) in [6.07, 6.45) is 7.79. The van der Waals surface area contributed by atoms with E-state index in [1.165, 1.54) is 33.5 Å². The Morgan fingerprint density at radius 1 is 1.00 bits per heavy atom. The summed E-state index contributed by atoms with van der Waals surface area (Å²) in [6, 6.07) is 8.48. The predicted octanol–water partition coefficient (Wildman–Crippen LogP) is 4.71. The summed E-state index contributed by atoms with van der Waals surface area (Å²) in [6.45, 7) is 6.08. The number of rotatable bonds is 10. The molecule has 172 valence electrons. The molecule has 1 atom stereocenters. The normalized spacial score (nSPS) is 15.7. The van der Waals surface area contributed by atoms with Gasteiger partial charge in [0.2, 0.25) is 0 Å². The van der Waals surface area contributed by atoms with Gasteiger partial charge in [0, 0.05) is 6.42 Å². The summed E-state index contributed by atoms with van der Waals surface area (Å²) < 4.78 is 5.26. The lowest BCUT2D eigenvalue weighted by molar-refractivity contribution is -0.152. The number of hydroxylamine groups is 4. The summed E-state index contributed by atoms with van der Waals surface area (Å²) in [5.74, 6) is -0.628. The lowest BCUT2D eigenvalue weighted by Crippen LogP contribution is -2.31. The minimum Gasteiger partial charge on any atom is -0.462 e. The summed E-state index contributed by atoms with van der Waals surface area (Å²) >= 11 is 0. The molecule has 1 saturated heterocycles. The number of unbranched alkanes of at least 4 members (excludes halogenated alkanes) is 2. The van der Waals surface area contributed by atoms with Crippen LogP contribution in [0.25, 0.3) is 6.08 Å². The number of urea groups is 1. The second-order valence-corrected chi connectivity index (χ2v) is 6.85. The third kappa shape index (κ3) is 8.15. The number of carbonyl (C=O) groups is 3. The van der Waals surface area contributed by atoms with Crippen molar-refractivity contribution in [3.05, 3.63) is 41.6 Å². The molecule has 2 rings (SSSR count). The quantitative estimate of drug-likeness (QED) is 0.229. The maximum Gasteiger partial charge on any atom is 0.380 e. The molecule has 1 aromatic rings. The summed E-state index contributed by atoms with van der Waals surface area (Å²) in [5.41, 5.74) is 0.893. The molecule has 8 heteroatoms. The van der Waals surface area contributed by atoms with Gasteiger partial charge in [-0.15, -0.1) is 5.06 Å². The van der Waals surface area contributed by atoms with Crippen LogP contribution in [0.3, 0.4) is 0 Å². The van der Waals surface area contributed by atoms with Crippen molar-refractivity contribution in [2.45, 2.75) is 65.4 Å². The molecule has 0 N–H and O–H groups in total. The molecular formula is C23H34N2O6. The van der Waals surface area contributed by atoms with Crippen molar-refractivity contribution in [2.75, 3.05) is 14.2 Å². The molecule has 1 aliphatic rings. The topological polar surface area (TPSA) is 85.4 Å². The van der Waals surface area contributed by atoms with Crippen LogP contribution in [0.4, 0.5) is 4.79 Å². The Hall–Kier alpha value is -2.71. The Morgan fingerprint density at radius 3 is 2.16 bits per heavy atom. The van der Waals surface area contributed by atoms with Crippen LogP contribution in [0.1, 0.15) is 64.9 Å². The average molecular weight is 435 g/mol. The smallest absolute Gasteiger partial charge is 0.380 e. The summed E-state index contributed by atoms with van der Waals surface area (Å²) in [5, 5.41) is 1.52. The molecule has 0 aliphatic carbocycles. The summed E-state index contributed by atoms with van der Waals surface area (Å²) in [4.78, 5) is 44.2. The van der Waals surface area contributed by atoms with Crippen molar-refractivity contribution in [2.24, 2.45) is 0 Å². The van der Waals surface area contributed by atoms with Gasteiger partial charge in [0.15, 0.2) is 0 Å². The van der Waals surface area contributed by atoms with E-state index in [0.29, 0.717) is 11.5 Å². The van der Waals surface area contributed by atoms with Gasteiger partial charge >= 0.3 is 17.9 Å². The van der Waals surface area contributed by atoms with E-state index in [9.17, 15) is 14.4 Å². The van der Waals surface area contributed by atoms with Crippen molar-refractivity contribution >= 4 is 24.0 Å². The molecule has 0 bridgehead atoms. The van der Waals surface area contributed by atoms with E-state index in [1.54, 1.807) is 6.08 Å². The molecule has 31 heavy (non-hydrogen) atoms. The number of benzene rings is 1. The fraction of sp³-hybridized carbons (Fsp3) is 0.522. The van der Waals surface area contributed by atoms with Gasteiger partial charge in [-0.1, -0.05) is 63.9 Å². The highest BCUT2D eigenvalue weighted by Gasteiger charge is 2.42. The van der Waals surface area contributed by atoms with Gasteiger partial charge in [-0.2, -0.15) is 5.06 Å². The van der Waals surface area contributed by atoms with Crippen molar-refractivity contribution in [3.8, 4) is 0 Å². The largest absolute Gasteiger partial charge is 0.462 e. The zero-order valence-corrected chi connectivity index (χ0v) is 19.1. The van der Waals surface area contributed by atoms with E-state index in [4.69, 9.17) is 14.4 Å². The first-order chi connectivity index (χ1) is 14.9. The number of imide groups is 1. The molecule has 0 radical (unpaired) electrons. The van der Waals surface area contributed by atoms with Crippen LogP contribution in [0.2, 0.25) is 0 Å². The Kier molecular flexibility index (Phi) is 12.2. The number of carbonyl (C=O) groups excluding carboxylic acids is 3. The van der Waals surface area contributed by atoms with E-state index in [0.717, 1.165) is 23.5 Å². The molecule has 0 spiro atoms. The van der Waals surface area contributed by atoms with Gasteiger partial charge in [-0.05, 0) is 30.9 Å². The molecule has 1 aliphatic heterocycles. The predicted molar refractivity (Wildman–Crippen MR) is 117 cm³/mol. The van der Waals surface area contributed by atoms with Gasteiger partial charge in [0.05, 0.1) is 14.2 Å².